The van der Waals surface area contributed by atoms with Crippen molar-refractivity contribution >= 4 is 28.2 Å². The van der Waals surface area contributed by atoms with Crippen molar-refractivity contribution < 1.29 is 13.5 Å². The highest BCUT2D eigenvalue weighted by atomic mass is 127. The van der Waals surface area contributed by atoms with Crippen LogP contribution in [0.15, 0.2) is 36.4 Å². The minimum absolute atomic E-state index is 0.195. The van der Waals surface area contributed by atoms with E-state index in [0.717, 1.165) is 8.09 Å². The average molecular weight is 388 g/mol. The Kier molecular flexibility index (Phi) is 3.47. The molecule has 0 radical (unpaired) electrons. The van der Waals surface area contributed by atoms with Gasteiger partial charge in [0.1, 0.15) is 5.75 Å². The van der Waals surface area contributed by atoms with Gasteiger partial charge in [-0.2, -0.15) is 4.52 Å². The molecule has 0 unspecified atom stereocenters. The van der Waals surface area contributed by atoms with E-state index < -0.39 is 12.2 Å². The molecule has 0 saturated carbocycles. The number of halogens is 3. The van der Waals surface area contributed by atoms with Crippen molar-refractivity contribution in [2.24, 2.45) is 0 Å². The molecule has 8 heteroatoms. The quantitative estimate of drug-likeness (QED) is 0.645. The Morgan fingerprint density at radius 3 is 2.50 bits per heavy atom. The molecule has 0 aliphatic heterocycles. The summed E-state index contributed by atoms with van der Waals surface area (Å²) < 4.78 is 33.0. The first kappa shape index (κ1) is 13.2. The maximum atomic E-state index is 12.7. The van der Waals surface area contributed by atoms with Gasteiger partial charge in [-0.15, -0.1) is 15.3 Å². The summed E-state index contributed by atoms with van der Waals surface area (Å²) in [6.45, 7) is 0. The smallest absolute Gasteiger partial charge is 0.299 e. The largest absolute Gasteiger partial charge is 0.438 e. The van der Waals surface area contributed by atoms with Gasteiger partial charge in [0.05, 0.1) is 0 Å². The van der Waals surface area contributed by atoms with Crippen LogP contribution in [0.1, 0.15) is 12.2 Å². The minimum Gasteiger partial charge on any atom is -0.438 e. The van der Waals surface area contributed by atoms with Crippen LogP contribution in [0.2, 0.25) is 0 Å². The van der Waals surface area contributed by atoms with Gasteiger partial charge in [0.25, 0.3) is 6.43 Å². The van der Waals surface area contributed by atoms with Crippen LogP contribution >= 0.6 is 22.6 Å². The Bertz CT molecular complexity index is 745. The first-order valence-corrected chi connectivity index (χ1v) is 6.65. The molecular formula is C12H7F2IN4O. The molecule has 0 amide bonds. The molecule has 2 aromatic heterocycles. The van der Waals surface area contributed by atoms with Crippen LogP contribution in [-0.4, -0.2) is 19.8 Å². The lowest BCUT2D eigenvalue weighted by atomic mass is 10.3. The van der Waals surface area contributed by atoms with Gasteiger partial charge in [-0.1, -0.05) is 0 Å². The Balaban J connectivity index is 1.95. The Hall–Kier alpha value is -1.84. The lowest BCUT2D eigenvalue weighted by molar-refractivity contribution is 0.137. The second kappa shape index (κ2) is 5.27. The number of aromatic nitrogens is 4. The van der Waals surface area contributed by atoms with Crippen molar-refractivity contribution in [2.45, 2.75) is 6.43 Å². The minimum atomic E-state index is -2.74. The van der Waals surface area contributed by atoms with Gasteiger partial charge in [0, 0.05) is 9.64 Å². The highest BCUT2D eigenvalue weighted by Crippen LogP contribution is 2.22. The topological polar surface area (TPSA) is 52.3 Å². The first-order chi connectivity index (χ1) is 9.63. The van der Waals surface area contributed by atoms with Crippen LogP contribution in [0.3, 0.4) is 0 Å². The monoisotopic (exact) mass is 388 g/mol. The van der Waals surface area contributed by atoms with Gasteiger partial charge in [0.15, 0.2) is 5.65 Å². The third-order valence-corrected chi connectivity index (χ3v) is 3.21. The molecular weight excluding hydrogens is 381 g/mol. The molecule has 1 aromatic carbocycles. The first-order valence-electron chi connectivity index (χ1n) is 5.57. The summed E-state index contributed by atoms with van der Waals surface area (Å²) in [6.07, 6.45) is -2.74. The van der Waals surface area contributed by atoms with Crippen molar-refractivity contribution in [1.82, 2.24) is 19.8 Å². The number of alkyl halides is 2. The zero-order valence-corrected chi connectivity index (χ0v) is 12.0. The Labute approximate surface area is 125 Å². The predicted octanol–water partition coefficient (Wildman–Crippen LogP) is 3.46. The third kappa shape index (κ3) is 2.55. The summed E-state index contributed by atoms with van der Waals surface area (Å²) in [4.78, 5) is 0. The maximum absolute atomic E-state index is 12.7. The second-order valence-corrected chi connectivity index (χ2v) is 5.10. The molecule has 0 atom stereocenters. The third-order valence-electron chi connectivity index (χ3n) is 2.49. The van der Waals surface area contributed by atoms with Crippen LogP contribution in [0.4, 0.5) is 8.78 Å². The van der Waals surface area contributed by atoms with Gasteiger partial charge in [-0.25, -0.2) is 8.78 Å². The zero-order chi connectivity index (χ0) is 14.1. The summed E-state index contributed by atoms with van der Waals surface area (Å²) in [5.41, 5.74) is 0.246. The van der Waals surface area contributed by atoms with Crippen molar-refractivity contribution in [3.8, 4) is 11.6 Å². The van der Waals surface area contributed by atoms with Gasteiger partial charge in [-0.3, -0.25) is 0 Å². The van der Waals surface area contributed by atoms with E-state index in [2.05, 4.69) is 37.9 Å². The molecule has 0 spiro atoms. The lowest BCUT2D eigenvalue weighted by Gasteiger charge is -2.05. The molecule has 0 aliphatic carbocycles. The number of hydrogen-bond donors (Lipinski definition) is 0. The SMILES string of the molecule is FC(F)c1nnc2ccc(Oc3ccc(I)cc3)nn12. The van der Waals surface area contributed by atoms with E-state index >= 15 is 0 Å². The molecule has 2 heterocycles. The summed E-state index contributed by atoms with van der Waals surface area (Å²) in [6, 6.07) is 10.4. The van der Waals surface area contributed by atoms with Gasteiger partial charge in [0.2, 0.25) is 11.7 Å². The number of fused-ring (bicyclic) bond motifs is 1. The van der Waals surface area contributed by atoms with Crippen molar-refractivity contribution in [3.05, 3.63) is 45.8 Å². The molecule has 3 aromatic rings. The average Bonchev–Trinajstić information content (AvgIpc) is 2.84. The highest BCUT2D eigenvalue weighted by Gasteiger charge is 2.17. The van der Waals surface area contributed by atoms with Crippen molar-refractivity contribution in [1.29, 1.82) is 0 Å². The van der Waals surface area contributed by atoms with Crippen LogP contribution < -0.4 is 4.74 Å². The van der Waals surface area contributed by atoms with Gasteiger partial charge >= 0.3 is 0 Å². The molecule has 102 valence electrons. The van der Waals surface area contributed by atoms with E-state index in [-0.39, 0.29) is 11.5 Å². The van der Waals surface area contributed by atoms with E-state index in [9.17, 15) is 8.78 Å². The van der Waals surface area contributed by atoms with E-state index in [1.165, 1.54) is 6.07 Å². The van der Waals surface area contributed by atoms with Gasteiger partial charge < -0.3 is 4.74 Å². The number of ether oxygens (including phenoxy) is 1. The highest BCUT2D eigenvalue weighted by molar-refractivity contribution is 14.1. The Morgan fingerprint density at radius 2 is 1.80 bits per heavy atom. The zero-order valence-electron chi connectivity index (χ0n) is 9.87. The molecule has 0 fully saturated rings. The molecule has 20 heavy (non-hydrogen) atoms. The van der Waals surface area contributed by atoms with Crippen LogP contribution in [-0.2, 0) is 0 Å². The maximum Gasteiger partial charge on any atom is 0.299 e. The fraction of sp³-hybridized carbons (Fsp3) is 0.0833. The predicted molar refractivity (Wildman–Crippen MR) is 75.0 cm³/mol. The molecule has 0 aliphatic rings. The van der Waals surface area contributed by atoms with E-state index in [1.807, 2.05) is 12.1 Å². The standard InChI is InChI=1S/C12H7F2IN4O/c13-11(14)12-17-16-9-5-6-10(18-19(9)12)20-8-3-1-7(15)2-4-8/h1-6,11H. The normalized spacial score (nSPS) is 11.2. The summed E-state index contributed by atoms with van der Waals surface area (Å²) in [5, 5.41) is 11.0. The lowest BCUT2D eigenvalue weighted by Crippen LogP contribution is -2.00. The van der Waals surface area contributed by atoms with Gasteiger partial charge in [-0.05, 0) is 52.9 Å². The summed E-state index contributed by atoms with van der Waals surface area (Å²) >= 11 is 2.17. The van der Waals surface area contributed by atoms with Crippen molar-refractivity contribution in [3.63, 3.8) is 0 Å². The number of benzene rings is 1. The van der Waals surface area contributed by atoms with Crippen LogP contribution in [0.25, 0.3) is 5.65 Å². The number of hydrogen-bond acceptors (Lipinski definition) is 4. The molecule has 0 N–H and O–H groups in total. The van der Waals surface area contributed by atoms with E-state index in [1.54, 1.807) is 18.2 Å². The number of nitrogens with zero attached hydrogens (tertiary/aromatic N) is 4. The molecule has 3 rings (SSSR count). The fourth-order valence-corrected chi connectivity index (χ4v) is 1.96. The van der Waals surface area contributed by atoms with Crippen LogP contribution in [0, 0.1) is 3.57 Å². The van der Waals surface area contributed by atoms with Crippen molar-refractivity contribution in [2.75, 3.05) is 0 Å². The second-order valence-electron chi connectivity index (χ2n) is 3.86. The fourth-order valence-electron chi connectivity index (χ4n) is 1.60. The van der Waals surface area contributed by atoms with E-state index in [4.69, 9.17) is 4.74 Å². The molecule has 0 saturated heterocycles. The molecule has 5 nitrogen and oxygen atoms in total. The molecule has 0 bridgehead atoms. The summed E-state index contributed by atoms with van der Waals surface area (Å²) in [5.74, 6) is 0.261. The summed E-state index contributed by atoms with van der Waals surface area (Å²) in [7, 11) is 0. The van der Waals surface area contributed by atoms with E-state index in [0.29, 0.717) is 5.75 Å². The van der Waals surface area contributed by atoms with Crippen LogP contribution in [0.5, 0.6) is 11.6 Å². The number of rotatable bonds is 3. The Morgan fingerprint density at radius 1 is 1.05 bits per heavy atom.